The molecular formula is C12H13FN2S. The molecule has 2 aromatic rings. The summed E-state index contributed by atoms with van der Waals surface area (Å²) >= 11 is 1.59. The summed E-state index contributed by atoms with van der Waals surface area (Å²) in [6.45, 7) is 1.97. The largest absolute Gasteiger partial charge is 0.309 e. The Labute approximate surface area is 98.2 Å². The van der Waals surface area contributed by atoms with Crippen LogP contribution in [0.25, 0.3) is 0 Å². The van der Waals surface area contributed by atoms with Crippen molar-refractivity contribution in [3.05, 3.63) is 51.7 Å². The van der Waals surface area contributed by atoms with E-state index in [-0.39, 0.29) is 11.9 Å². The summed E-state index contributed by atoms with van der Waals surface area (Å²) in [6.07, 6.45) is 0. The zero-order chi connectivity index (χ0) is 11.5. The number of aromatic nitrogens is 1. The fraction of sp³-hybridized carbons (Fsp3) is 0.250. The first-order valence-corrected chi connectivity index (χ1v) is 5.93. The predicted octanol–water partition coefficient (Wildman–Crippen LogP) is 2.90. The second-order valence-corrected chi connectivity index (χ2v) is 4.47. The number of hydrogen-bond donors (Lipinski definition) is 1. The third-order valence-corrected chi connectivity index (χ3v) is 3.51. The molecule has 0 amide bonds. The maximum Gasteiger partial charge on any atom is 0.123 e. The van der Waals surface area contributed by atoms with Gasteiger partial charge in [-0.25, -0.2) is 9.37 Å². The van der Waals surface area contributed by atoms with Gasteiger partial charge in [0.2, 0.25) is 0 Å². The van der Waals surface area contributed by atoms with Crippen molar-refractivity contribution in [1.82, 2.24) is 10.3 Å². The van der Waals surface area contributed by atoms with Crippen LogP contribution in [0, 0.1) is 12.7 Å². The monoisotopic (exact) mass is 236 g/mol. The van der Waals surface area contributed by atoms with Crippen LogP contribution in [0.4, 0.5) is 4.39 Å². The summed E-state index contributed by atoms with van der Waals surface area (Å²) in [4.78, 5) is 5.35. The lowest BCUT2D eigenvalue weighted by Crippen LogP contribution is -2.17. The molecule has 1 N–H and O–H groups in total. The van der Waals surface area contributed by atoms with Crippen LogP contribution in [0.1, 0.15) is 22.2 Å². The minimum atomic E-state index is -0.208. The van der Waals surface area contributed by atoms with Gasteiger partial charge in [-0.3, -0.25) is 0 Å². The molecule has 1 aromatic heterocycles. The van der Waals surface area contributed by atoms with Crippen LogP contribution in [0.15, 0.2) is 29.8 Å². The number of halogens is 1. The van der Waals surface area contributed by atoms with Crippen LogP contribution in [0.2, 0.25) is 0 Å². The zero-order valence-electron chi connectivity index (χ0n) is 9.20. The Morgan fingerprint density at radius 2 is 2.25 bits per heavy atom. The number of rotatable bonds is 3. The van der Waals surface area contributed by atoms with Crippen LogP contribution >= 0.6 is 11.3 Å². The van der Waals surface area contributed by atoms with Gasteiger partial charge in [0.05, 0.1) is 17.2 Å². The maximum absolute atomic E-state index is 13.2. The summed E-state index contributed by atoms with van der Waals surface area (Å²) in [5.41, 5.74) is 3.73. The first-order chi connectivity index (χ1) is 7.72. The zero-order valence-corrected chi connectivity index (χ0v) is 10.0. The first kappa shape index (κ1) is 11.2. The summed E-state index contributed by atoms with van der Waals surface area (Å²) in [5, 5.41) is 3.19. The SMILES string of the molecule is CNC(c1cccc(F)c1)c1scnc1C. The van der Waals surface area contributed by atoms with Crippen LogP contribution in [0.3, 0.4) is 0 Å². The van der Waals surface area contributed by atoms with Crippen LogP contribution < -0.4 is 5.32 Å². The van der Waals surface area contributed by atoms with Gasteiger partial charge in [-0.2, -0.15) is 0 Å². The number of nitrogens with one attached hydrogen (secondary N) is 1. The third kappa shape index (κ3) is 2.13. The molecule has 84 valence electrons. The Morgan fingerprint density at radius 3 is 2.81 bits per heavy atom. The van der Waals surface area contributed by atoms with E-state index >= 15 is 0 Å². The molecule has 1 unspecified atom stereocenters. The summed E-state index contributed by atoms with van der Waals surface area (Å²) in [7, 11) is 1.87. The highest BCUT2D eigenvalue weighted by atomic mass is 32.1. The third-order valence-electron chi connectivity index (χ3n) is 2.52. The quantitative estimate of drug-likeness (QED) is 0.886. The Hall–Kier alpha value is -1.26. The van der Waals surface area contributed by atoms with Crippen molar-refractivity contribution in [3.63, 3.8) is 0 Å². The van der Waals surface area contributed by atoms with Crippen LogP contribution in [-0.2, 0) is 0 Å². The first-order valence-electron chi connectivity index (χ1n) is 5.05. The minimum Gasteiger partial charge on any atom is -0.309 e. The molecule has 0 bridgehead atoms. The maximum atomic E-state index is 13.2. The van der Waals surface area contributed by atoms with Gasteiger partial charge < -0.3 is 5.32 Å². The summed E-state index contributed by atoms with van der Waals surface area (Å²) < 4.78 is 13.2. The molecule has 0 spiro atoms. The average Bonchev–Trinajstić information content (AvgIpc) is 2.67. The van der Waals surface area contributed by atoms with Crippen LogP contribution in [0.5, 0.6) is 0 Å². The molecule has 16 heavy (non-hydrogen) atoms. The molecule has 0 fully saturated rings. The van der Waals surface area contributed by atoms with Crippen molar-refractivity contribution >= 4 is 11.3 Å². The van der Waals surface area contributed by atoms with Gasteiger partial charge in [0.1, 0.15) is 5.82 Å². The lowest BCUT2D eigenvalue weighted by atomic mass is 10.0. The highest BCUT2D eigenvalue weighted by Crippen LogP contribution is 2.27. The van der Waals surface area contributed by atoms with E-state index in [1.807, 2.05) is 25.5 Å². The molecule has 2 rings (SSSR count). The van der Waals surface area contributed by atoms with Gasteiger partial charge in [0.25, 0.3) is 0 Å². The van der Waals surface area contributed by atoms with Crippen LogP contribution in [-0.4, -0.2) is 12.0 Å². The number of aryl methyl sites for hydroxylation is 1. The molecule has 4 heteroatoms. The van der Waals surface area contributed by atoms with Gasteiger partial charge in [0, 0.05) is 4.88 Å². The van der Waals surface area contributed by atoms with Crippen molar-refractivity contribution in [1.29, 1.82) is 0 Å². The fourth-order valence-corrected chi connectivity index (χ4v) is 2.66. The summed E-state index contributed by atoms with van der Waals surface area (Å²) in [6, 6.07) is 6.67. The van der Waals surface area contributed by atoms with E-state index in [0.717, 1.165) is 16.1 Å². The second kappa shape index (κ2) is 4.72. The predicted molar refractivity (Wildman–Crippen MR) is 64.2 cm³/mol. The highest BCUT2D eigenvalue weighted by molar-refractivity contribution is 7.09. The average molecular weight is 236 g/mol. The van der Waals surface area contributed by atoms with Crippen molar-refractivity contribution in [2.24, 2.45) is 0 Å². The molecule has 1 atom stereocenters. The van der Waals surface area contributed by atoms with E-state index in [4.69, 9.17) is 0 Å². The molecule has 0 radical (unpaired) electrons. The fourth-order valence-electron chi connectivity index (χ4n) is 1.72. The number of benzene rings is 1. The molecule has 0 aliphatic heterocycles. The van der Waals surface area contributed by atoms with Gasteiger partial charge in [-0.1, -0.05) is 12.1 Å². The molecule has 0 aliphatic carbocycles. The van der Waals surface area contributed by atoms with Crippen molar-refractivity contribution in [3.8, 4) is 0 Å². The van der Waals surface area contributed by atoms with Gasteiger partial charge in [-0.05, 0) is 31.7 Å². The number of thiazole rings is 1. The Kier molecular flexibility index (Phi) is 3.31. The number of nitrogens with zero attached hydrogens (tertiary/aromatic N) is 1. The summed E-state index contributed by atoms with van der Waals surface area (Å²) in [5.74, 6) is -0.208. The molecule has 0 saturated heterocycles. The van der Waals surface area contributed by atoms with Crippen molar-refractivity contribution in [2.45, 2.75) is 13.0 Å². The Bertz CT molecular complexity index is 481. The van der Waals surface area contributed by atoms with E-state index in [9.17, 15) is 4.39 Å². The van der Waals surface area contributed by atoms with Crippen molar-refractivity contribution < 1.29 is 4.39 Å². The minimum absolute atomic E-state index is 0.0169. The molecular weight excluding hydrogens is 223 g/mol. The van der Waals surface area contributed by atoms with Gasteiger partial charge >= 0.3 is 0 Å². The van der Waals surface area contributed by atoms with E-state index in [0.29, 0.717) is 0 Å². The normalized spacial score (nSPS) is 12.7. The molecule has 0 saturated carbocycles. The smallest absolute Gasteiger partial charge is 0.123 e. The second-order valence-electron chi connectivity index (χ2n) is 3.58. The Balaban J connectivity index is 2.40. The van der Waals surface area contributed by atoms with E-state index in [1.165, 1.54) is 6.07 Å². The molecule has 0 aliphatic rings. The van der Waals surface area contributed by atoms with E-state index in [2.05, 4.69) is 10.3 Å². The lowest BCUT2D eigenvalue weighted by molar-refractivity contribution is 0.617. The van der Waals surface area contributed by atoms with Crippen molar-refractivity contribution in [2.75, 3.05) is 7.05 Å². The molecule has 2 nitrogen and oxygen atoms in total. The van der Waals surface area contributed by atoms with Gasteiger partial charge in [-0.15, -0.1) is 11.3 Å². The topological polar surface area (TPSA) is 24.9 Å². The highest BCUT2D eigenvalue weighted by Gasteiger charge is 2.16. The molecule has 1 heterocycles. The standard InChI is InChI=1S/C12H13FN2S/c1-8-12(16-7-15-8)11(14-2)9-4-3-5-10(13)6-9/h3-7,11,14H,1-2H3. The molecule has 1 aromatic carbocycles. The number of hydrogen-bond acceptors (Lipinski definition) is 3. The van der Waals surface area contributed by atoms with E-state index < -0.39 is 0 Å². The Morgan fingerprint density at radius 1 is 1.44 bits per heavy atom. The lowest BCUT2D eigenvalue weighted by Gasteiger charge is -2.15. The van der Waals surface area contributed by atoms with E-state index in [1.54, 1.807) is 23.5 Å². The van der Waals surface area contributed by atoms with Gasteiger partial charge in [0.15, 0.2) is 0 Å².